The molecule has 5 amide bonds. The molecule has 6 atom stereocenters. The molecule has 1 saturated heterocycles. The van der Waals surface area contributed by atoms with Gasteiger partial charge in [0, 0.05) is 18.4 Å². The normalized spacial score (nSPS) is 26.2. The van der Waals surface area contributed by atoms with Crippen molar-refractivity contribution in [1.29, 1.82) is 0 Å². The van der Waals surface area contributed by atoms with Crippen molar-refractivity contribution in [2.45, 2.75) is 127 Å². The Morgan fingerprint density at radius 3 is 2.04 bits per heavy atom. The molecule has 0 radical (unpaired) electrons. The zero-order valence-corrected chi connectivity index (χ0v) is 29.1. The van der Waals surface area contributed by atoms with Gasteiger partial charge in [-0.05, 0) is 57.3 Å². The van der Waals surface area contributed by atoms with Gasteiger partial charge in [0.1, 0.15) is 28.1 Å². The fourth-order valence-electron chi connectivity index (χ4n) is 6.81. The Labute approximate surface area is 280 Å². The molecule has 4 rings (SSSR count). The van der Waals surface area contributed by atoms with Gasteiger partial charge in [-0.15, -0.1) is 23.2 Å². The Balaban J connectivity index is 1.56. The molecule has 5 N–H and O–H groups in total. The van der Waals surface area contributed by atoms with Crippen molar-refractivity contribution in [3.8, 4) is 0 Å². The van der Waals surface area contributed by atoms with Crippen LogP contribution in [0.1, 0.15) is 92.9 Å². The van der Waals surface area contributed by atoms with Crippen LogP contribution in [-0.2, 0) is 28.7 Å². The molecular formula is C32H49Cl2N5O7. The third kappa shape index (κ3) is 8.45. The number of rotatable bonds is 11. The first-order valence-corrected chi connectivity index (χ1v) is 17.1. The zero-order valence-electron chi connectivity index (χ0n) is 27.6. The number of primary amides is 1. The number of fused-ring (bicyclic) bond motifs is 1. The number of ether oxygens (including phenoxy) is 1. The summed E-state index contributed by atoms with van der Waals surface area (Å²) in [6.45, 7) is 10.7. The first-order valence-electron chi connectivity index (χ1n) is 16.3. The number of carbonyl (C=O) groups excluding carboxylic acids is 6. The molecule has 12 nitrogen and oxygen atoms in total. The van der Waals surface area contributed by atoms with Crippen LogP contribution < -0.4 is 21.7 Å². The molecule has 0 aromatic carbocycles. The van der Waals surface area contributed by atoms with Crippen molar-refractivity contribution < 1.29 is 33.5 Å². The number of urea groups is 1. The van der Waals surface area contributed by atoms with E-state index in [1.165, 1.54) is 4.90 Å². The average molecular weight is 687 g/mol. The minimum Gasteiger partial charge on any atom is -0.458 e. The number of Topliss-reactive ketones (excluding diaryl/α,β-unsaturated/α-hetero) is 1. The monoisotopic (exact) mass is 685 g/mol. The van der Waals surface area contributed by atoms with Crippen molar-refractivity contribution in [2.75, 3.05) is 6.54 Å². The van der Waals surface area contributed by atoms with E-state index >= 15 is 0 Å². The zero-order chi connectivity index (χ0) is 34.4. The number of piperidine rings is 1. The number of likely N-dealkylation sites (tertiary alicyclic amines) is 1. The lowest BCUT2D eigenvalue weighted by Crippen LogP contribution is -2.62. The molecule has 4 aliphatic rings. The van der Waals surface area contributed by atoms with Gasteiger partial charge in [0.05, 0.1) is 6.04 Å². The molecule has 1 aliphatic heterocycles. The molecule has 1 unspecified atom stereocenters. The molecule has 0 aromatic rings. The van der Waals surface area contributed by atoms with Crippen LogP contribution in [0.3, 0.4) is 0 Å². The highest BCUT2D eigenvalue weighted by Gasteiger charge is 2.74. The fraction of sp³-hybridized carbons (Fsp3) is 0.812. The number of ketones is 1. The van der Waals surface area contributed by atoms with Gasteiger partial charge in [-0.25, -0.2) is 9.59 Å². The van der Waals surface area contributed by atoms with Gasteiger partial charge in [0.25, 0.3) is 5.91 Å². The summed E-state index contributed by atoms with van der Waals surface area (Å²) in [6.07, 6.45) is 6.16. The van der Waals surface area contributed by atoms with Crippen LogP contribution in [0.25, 0.3) is 0 Å². The summed E-state index contributed by atoms with van der Waals surface area (Å²) in [4.78, 5) is 80.5. The highest BCUT2D eigenvalue weighted by molar-refractivity contribution is 6.51. The fourth-order valence-corrected chi connectivity index (χ4v) is 7.64. The van der Waals surface area contributed by atoms with Crippen molar-refractivity contribution in [3.63, 3.8) is 0 Å². The molecule has 1 heterocycles. The Hall–Kier alpha value is -2.60. The number of nitrogens with zero attached hydrogens (tertiary/aromatic N) is 1. The number of esters is 1. The topological polar surface area (TPSA) is 177 Å². The van der Waals surface area contributed by atoms with Crippen LogP contribution in [0.2, 0.25) is 0 Å². The summed E-state index contributed by atoms with van der Waals surface area (Å²) in [7, 11) is 0. The second-order valence-corrected chi connectivity index (χ2v) is 17.0. The van der Waals surface area contributed by atoms with Gasteiger partial charge in [0.2, 0.25) is 17.6 Å². The van der Waals surface area contributed by atoms with Crippen LogP contribution in [-0.4, -0.2) is 81.1 Å². The summed E-state index contributed by atoms with van der Waals surface area (Å²) in [6, 6.07) is -4.95. The van der Waals surface area contributed by atoms with E-state index in [1.54, 1.807) is 41.5 Å². The van der Waals surface area contributed by atoms with Gasteiger partial charge in [0.15, 0.2) is 0 Å². The number of amides is 5. The number of nitrogens with one attached hydrogen (secondary N) is 3. The van der Waals surface area contributed by atoms with Gasteiger partial charge < -0.3 is 31.3 Å². The first kappa shape index (κ1) is 36.2. The number of hydrogen-bond donors (Lipinski definition) is 4. The minimum absolute atomic E-state index is 0.0840. The van der Waals surface area contributed by atoms with E-state index in [0.717, 1.165) is 32.1 Å². The Kier molecular flexibility index (Phi) is 10.6. The smallest absolute Gasteiger partial charge is 0.329 e. The van der Waals surface area contributed by atoms with E-state index in [-0.39, 0.29) is 30.7 Å². The van der Waals surface area contributed by atoms with E-state index in [1.807, 2.05) is 0 Å². The summed E-state index contributed by atoms with van der Waals surface area (Å²) in [5.74, 6) is -4.76. The predicted octanol–water partition coefficient (Wildman–Crippen LogP) is 2.96. The molecule has 3 saturated carbocycles. The predicted molar refractivity (Wildman–Crippen MR) is 172 cm³/mol. The SMILES string of the molecule is CC(C)(C)OC(=O)[C@@H](NC(=O)N[C@H](C(=O)N1C[C@H]2[C@@H]([C@H]1C(=O)NC(CC1CC1)C(=O)C(N)=O)C2(Cl)Cl)C1CCCCC1)C(C)(C)C. The third-order valence-corrected chi connectivity index (χ3v) is 10.5. The summed E-state index contributed by atoms with van der Waals surface area (Å²) in [5.41, 5.74) is 3.80. The average Bonchev–Trinajstić information content (AvgIpc) is 3.79. The second-order valence-electron chi connectivity index (χ2n) is 15.5. The van der Waals surface area contributed by atoms with Crippen LogP contribution in [0.4, 0.5) is 4.79 Å². The van der Waals surface area contributed by atoms with E-state index in [0.29, 0.717) is 12.8 Å². The Morgan fingerprint density at radius 2 is 1.52 bits per heavy atom. The first-order chi connectivity index (χ1) is 21.2. The van der Waals surface area contributed by atoms with Crippen LogP contribution in [0, 0.1) is 29.1 Å². The minimum atomic E-state index is -1.24. The lowest BCUT2D eigenvalue weighted by Gasteiger charge is -2.37. The van der Waals surface area contributed by atoms with Crippen molar-refractivity contribution in [1.82, 2.24) is 20.9 Å². The number of carbonyl (C=O) groups is 6. The van der Waals surface area contributed by atoms with Crippen molar-refractivity contribution in [3.05, 3.63) is 0 Å². The molecule has 3 aliphatic carbocycles. The largest absolute Gasteiger partial charge is 0.458 e. The molecule has 14 heteroatoms. The maximum atomic E-state index is 14.4. The van der Waals surface area contributed by atoms with Gasteiger partial charge >= 0.3 is 12.0 Å². The van der Waals surface area contributed by atoms with Crippen LogP contribution in [0.15, 0.2) is 0 Å². The van der Waals surface area contributed by atoms with E-state index in [4.69, 9.17) is 33.7 Å². The molecule has 0 bridgehead atoms. The van der Waals surface area contributed by atoms with Crippen LogP contribution >= 0.6 is 23.2 Å². The quantitative estimate of drug-likeness (QED) is 0.147. The summed E-state index contributed by atoms with van der Waals surface area (Å²) in [5, 5.41) is 8.25. The maximum absolute atomic E-state index is 14.4. The maximum Gasteiger partial charge on any atom is 0.329 e. The Bertz CT molecular complexity index is 1240. The van der Waals surface area contributed by atoms with E-state index in [9.17, 15) is 28.8 Å². The summed E-state index contributed by atoms with van der Waals surface area (Å²) < 4.78 is 4.33. The number of nitrogens with two attached hydrogens (primary N) is 1. The second kappa shape index (κ2) is 13.5. The molecule has 0 spiro atoms. The number of alkyl halides is 2. The molecule has 4 fully saturated rings. The van der Waals surface area contributed by atoms with Gasteiger partial charge in [-0.2, -0.15) is 0 Å². The molecule has 0 aromatic heterocycles. The lowest BCUT2D eigenvalue weighted by atomic mass is 9.83. The third-order valence-electron chi connectivity index (χ3n) is 9.48. The van der Waals surface area contributed by atoms with Crippen molar-refractivity contribution >= 4 is 58.7 Å². The Morgan fingerprint density at radius 1 is 0.913 bits per heavy atom. The van der Waals surface area contributed by atoms with Crippen LogP contribution in [0.5, 0.6) is 0 Å². The van der Waals surface area contributed by atoms with Crippen molar-refractivity contribution in [2.24, 2.45) is 34.8 Å². The molecular weight excluding hydrogens is 637 g/mol. The highest BCUT2D eigenvalue weighted by atomic mass is 35.5. The van der Waals surface area contributed by atoms with E-state index < -0.39 is 80.9 Å². The summed E-state index contributed by atoms with van der Waals surface area (Å²) >= 11 is 13.1. The molecule has 46 heavy (non-hydrogen) atoms. The standard InChI is InChI=1S/C32H49Cl2N5O7/c1-30(2,3)24(28(44)46-31(4,5)6)38-29(45)37-21(17-10-8-7-9-11-17)27(43)39-15-18-20(32(18,33)34)22(39)26(42)36-19(14-16-12-13-16)23(40)25(35)41/h16-22,24H,7-15H2,1-6H3,(H2,35,41)(H,36,42)(H2,37,38,45)/t18-,19?,20-,21-,22-,24+/m0/s1. The molecule has 258 valence electrons. The van der Waals surface area contributed by atoms with Gasteiger partial charge in [-0.1, -0.05) is 52.9 Å². The number of hydrogen-bond acceptors (Lipinski definition) is 7. The highest BCUT2D eigenvalue weighted by Crippen LogP contribution is 2.65. The van der Waals surface area contributed by atoms with E-state index in [2.05, 4.69) is 16.0 Å². The number of halogens is 2. The lowest BCUT2D eigenvalue weighted by molar-refractivity contribution is -0.160. The van der Waals surface area contributed by atoms with Gasteiger partial charge in [-0.3, -0.25) is 19.2 Å².